The van der Waals surface area contributed by atoms with E-state index in [2.05, 4.69) is 17.1 Å². The SMILES string of the molecule is CCC(CCO)NC1CCN(C2CCCC2)CC1. The number of nitrogens with zero attached hydrogens (tertiary/aromatic N) is 1. The number of nitrogens with one attached hydrogen (secondary N) is 1. The van der Waals surface area contributed by atoms with Crippen LogP contribution in [0.5, 0.6) is 0 Å². The summed E-state index contributed by atoms with van der Waals surface area (Å²) in [5, 5.41) is 12.8. The summed E-state index contributed by atoms with van der Waals surface area (Å²) < 4.78 is 0. The number of hydrogen-bond donors (Lipinski definition) is 2. The average Bonchev–Trinajstić information content (AvgIpc) is 2.93. The van der Waals surface area contributed by atoms with Crippen molar-refractivity contribution in [2.45, 2.75) is 76.4 Å². The van der Waals surface area contributed by atoms with Gasteiger partial charge in [-0.2, -0.15) is 0 Å². The molecule has 1 saturated heterocycles. The Bertz CT molecular complexity index is 221. The highest BCUT2D eigenvalue weighted by atomic mass is 16.3. The summed E-state index contributed by atoms with van der Waals surface area (Å²) in [6.07, 6.45) is 10.4. The zero-order valence-corrected chi connectivity index (χ0v) is 11.9. The van der Waals surface area contributed by atoms with Crippen LogP contribution in [0.4, 0.5) is 0 Å². The first-order valence-corrected chi connectivity index (χ1v) is 7.94. The molecule has 0 aromatic rings. The molecule has 0 aromatic carbocycles. The molecule has 0 bridgehead atoms. The highest BCUT2D eigenvalue weighted by molar-refractivity contribution is 4.85. The van der Waals surface area contributed by atoms with Gasteiger partial charge in [-0.3, -0.25) is 0 Å². The van der Waals surface area contributed by atoms with Gasteiger partial charge in [0.15, 0.2) is 0 Å². The van der Waals surface area contributed by atoms with E-state index in [1.54, 1.807) is 0 Å². The van der Waals surface area contributed by atoms with Gasteiger partial charge < -0.3 is 15.3 Å². The molecule has 3 nitrogen and oxygen atoms in total. The van der Waals surface area contributed by atoms with Crippen molar-refractivity contribution in [1.29, 1.82) is 0 Å². The van der Waals surface area contributed by atoms with Crippen LogP contribution < -0.4 is 5.32 Å². The maximum Gasteiger partial charge on any atom is 0.0445 e. The van der Waals surface area contributed by atoms with Crippen molar-refractivity contribution in [1.82, 2.24) is 10.2 Å². The molecule has 0 spiro atoms. The third-order valence-corrected chi connectivity index (χ3v) is 4.81. The quantitative estimate of drug-likeness (QED) is 0.762. The van der Waals surface area contributed by atoms with Gasteiger partial charge in [0.25, 0.3) is 0 Å². The van der Waals surface area contributed by atoms with Gasteiger partial charge in [-0.1, -0.05) is 19.8 Å². The van der Waals surface area contributed by atoms with Gasteiger partial charge in [-0.05, 0) is 51.6 Å². The van der Waals surface area contributed by atoms with E-state index in [0.29, 0.717) is 18.7 Å². The van der Waals surface area contributed by atoms with Crippen molar-refractivity contribution in [2.24, 2.45) is 0 Å². The first-order valence-electron chi connectivity index (χ1n) is 7.94. The first-order chi connectivity index (χ1) is 8.83. The molecule has 3 heteroatoms. The fourth-order valence-electron chi connectivity index (χ4n) is 3.60. The van der Waals surface area contributed by atoms with Gasteiger partial charge in [0, 0.05) is 24.7 Å². The Hall–Kier alpha value is -0.120. The standard InChI is InChI=1S/C15H30N2O/c1-2-13(9-12-18)16-14-7-10-17(11-8-14)15-5-3-4-6-15/h13-16,18H,2-12H2,1H3. The monoisotopic (exact) mass is 254 g/mol. The van der Waals surface area contributed by atoms with Gasteiger partial charge >= 0.3 is 0 Å². The molecule has 1 heterocycles. The topological polar surface area (TPSA) is 35.5 Å². The lowest BCUT2D eigenvalue weighted by Crippen LogP contribution is -2.48. The second-order valence-corrected chi connectivity index (χ2v) is 6.03. The molecule has 0 amide bonds. The number of likely N-dealkylation sites (tertiary alicyclic amines) is 1. The van der Waals surface area contributed by atoms with Gasteiger partial charge in [0.1, 0.15) is 0 Å². The van der Waals surface area contributed by atoms with Crippen LogP contribution in [0.15, 0.2) is 0 Å². The van der Waals surface area contributed by atoms with E-state index in [0.717, 1.165) is 18.9 Å². The van der Waals surface area contributed by atoms with Crippen molar-refractivity contribution in [3.63, 3.8) is 0 Å². The smallest absolute Gasteiger partial charge is 0.0445 e. The Labute approximate surface area is 112 Å². The predicted octanol–water partition coefficient (Wildman–Crippen LogP) is 2.14. The van der Waals surface area contributed by atoms with Crippen molar-refractivity contribution in [2.75, 3.05) is 19.7 Å². The summed E-state index contributed by atoms with van der Waals surface area (Å²) in [5.74, 6) is 0. The van der Waals surface area contributed by atoms with Gasteiger partial charge in [0.2, 0.25) is 0 Å². The Morgan fingerprint density at radius 3 is 2.39 bits per heavy atom. The molecule has 1 aliphatic carbocycles. The second-order valence-electron chi connectivity index (χ2n) is 6.03. The fourth-order valence-corrected chi connectivity index (χ4v) is 3.60. The van der Waals surface area contributed by atoms with Crippen LogP contribution in [0.3, 0.4) is 0 Å². The number of piperidine rings is 1. The summed E-state index contributed by atoms with van der Waals surface area (Å²) in [4.78, 5) is 2.72. The van der Waals surface area contributed by atoms with Crippen molar-refractivity contribution < 1.29 is 5.11 Å². The van der Waals surface area contributed by atoms with E-state index < -0.39 is 0 Å². The van der Waals surface area contributed by atoms with Gasteiger partial charge in [-0.15, -0.1) is 0 Å². The Morgan fingerprint density at radius 1 is 1.17 bits per heavy atom. The van der Waals surface area contributed by atoms with Gasteiger partial charge in [-0.25, -0.2) is 0 Å². The number of aliphatic hydroxyl groups excluding tert-OH is 1. The van der Waals surface area contributed by atoms with Crippen LogP contribution in [-0.2, 0) is 0 Å². The van der Waals surface area contributed by atoms with E-state index in [9.17, 15) is 0 Å². The molecule has 1 atom stereocenters. The summed E-state index contributed by atoms with van der Waals surface area (Å²) in [7, 11) is 0. The summed E-state index contributed by atoms with van der Waals surface area (Å²) in [6, 6.07) is 2.09. The minimum absolute atomic E-state index is 0.312. The Kier molecular flexibility index (Phi) is 5.93. The average molecular weight is 254 g/mol. The molecule has 1 saturated carbocycles. The van der Waals surface area contributed by atoms with Crippen LogP contribution in [0.1, 0.15) is 58.3 Å². The van der Waals surface area contributed by atoms with E-state index >= 15 is 0 Å². The molecule has 0 aromatic heterocycles. The number of hydrogen-bond acceptors (Lipinski definition) is 3. The zero-order chi connectivity index (χ0) is 12.8. The predicted molar refractivity (Wildman–Crippen MR) is 75.8 cm³/mol. The molecule has 18 heavy (non-hydrogen) atoms. The molecule has 2 N–H and O–H groups in total. The third kappa shape index (κ3) is 3.94. The lowest BCUT2D eigenvalue weighted by atomic mass is 10.0. The molecule has 1 aliphatic heterocycles. The van der Waals surface area contributed by atoms with Gasteiger partial charge in [0.05, 0.1) is 0 Å². The zero-order valence-electron chi connectivity index (χ0n) is 11.9. The lowest BCUT2D eigenvalue weighted by Gasteiger charge is -2.37. The summed E-state index contributed by atoms with van der Waals surface area (Å²) >= 11 is 0. The molecule has 1 unspecified atom stereocenters. The van der Waals surface area contributed by atoms with Crippen molar-refractivity contribution >= 4 is 0 Å². The van der Waals surface area contributed by atoms with Crippen LogP contribution in [0.25, 0.3) is 0 Å². The molecule has 2 fully saturated rings. The Balaban J connectivity index is 1.69. The molecule has 2 aliphatic rings. The summed E-state index contributed by atoms with van der Waals surface area (Å²) in [6.45, 7) is 5.07. The van der Waals surface area contributed by atoms with E-state index in [1.807, 2.05) is 0 Å². The molecule has 0 radical (unpaired) electrons. The normalized spacial score (nSPS) is 25.7. The maximum absolute atomic E-state index is 9.03. The first kappa shape index (κ1) is 14.3. The van der Waals surface area contributed by atoms with Crippen LogP contribution in [0, 0.1) is 0 Å². The highest BCUT2D eigenvalue weighted by Gasteiger charge is 2.27. The fraction of sp³-hybridized carbons (Fsp3) is 1.00. The lowest BCUT2D eigenvalue weighted by molar-refractivity contribution is 0.137. The largest absolute Gasteiger partial charge is 0.396 e. The highest BCUT2D eigenvalue weighted by Crippen LogP contribution is 2.26. The van der Waals surface area contributed by atoms with E-state index in [4.69, 9.17) is 5.11 Å². The molecule has 106 valence electrons. The van der Waals surface area contributed by atoms with Crippen molar-refractivity contribution in [3.05, 3.63) is 0 Å². The maximum atomic E-state index is 9.03. The van der Waals surface area contributed by atoms with Crippen molar-refractivity contribution in [3.8, 4) is 0 Å². The number of aliphatic hydroxyl groups is 1. The molecule has 2 rings (SSSR count). The minimum atomic E-state index is 0.312. The van der Waals surface area contributed by atoms with Crippen LogP contribution in [0.2, 0.25) is 0 Å². The molecular weight excluding hydrogens is 224 g/mol. The van der Waals surface area contributed by atoms with Crippen LogP contribution in [-0.4, -0.2) is 47.8 Å². The van der Waals surface area contributed by atoms with E-state index in [1.165, 1.54) is 51.6 Å². The molecular formula is C15H30N2O. The minimum Gasteiger partial charge on any atom is -0.396 e. The number of rotatable bonds is 6. The third-order valence-electron chi connectivity index (χ3n) is 4.81. The summed E-state index contributed by atoms with van der Waals surface area (Å²) in [5.41, 5.74) is 0. The van der Waals surface area contributed by atoms with Crippen LogP contribution >= 0.6 is 0 Å². The second kappa shape index (κ2) is 7.46. The Morgan fingerprint density at radius 2 is 1.83 bits per heavy atom. The van der Waals surface area contributed by atoms with E-state index in [-0.39, 0.29) is 0 Å².